The van der Waals surface area contributed by atoms with Gasteiger partial charge in [-0.1, -0.05) is 0 Å². The lowest BCUT2D eigenvalue weighted by atomic mass is 9.78. The highest BCUT2D eigenvalue weighted by Gasteiger charge is 2.32. The van der Waals surface area contributed by atoms with Gasteiger partial charge in [0.25, 0.3) is 5.91 Å². The molecule has 1 aromatic rings. The highest BCUT2D eigenvalue weighted by atomic mass is 19.1. The predicted molar refractivity (Wildman–Crippen MR) is 61.2 cm³/mol. The number of phenolic OH excluding ortho intramolecular Hbond substituents is 1. The van der Waals surface area contributed by atoms with Gasteiger partial charge >= 0.3 is 0 Å². The van der Waals surface area contributed by atoms with E-state index in [2.05, 4.69) is 5.32 Å². The van der Waals surface area contributed by atoms with Gasteiger partial charge in [-0.2, -0.15) is 0 Å². The van der Waals surface area contributed by atoms with Gasteiger partial charge in [-0.3, -0.25) is 4.79 Å². The Morgan fingerprint density at radius 2 is 2.24 bits per heavy atom. The lowest BCUT2D eigenvalue weighted by Gasteiger charge is -2.38. The number of nitrogens with two attached hydrogens (primary N) is 1. The quantitative estimate of drug-likeness (QED) is 0.739. The summed E-state index contributed by atoms with van der Waals surface area (Å²) in [6.07, 6.45) is 2.83. The van der Waals surface area contributed by atoms with Gasteiger partial charge in [0, 0.05) is 18.2 Å². The van der Waals surface area contributed by atoms with Gasteiger partial charge in [0.15, 0.2) is 0 Å². The van der Waals surface area contributed by atoms with E-state index < -0.39 is 11.7 Å². The molecule has 4 nitrogen and oxygen atoms in total. The number of carbonyl (C=O) groups is 1. The summed E-state index contributed by atoms with van der Waals surface area (Å²) in [6.45, 7) is 0.353. The molecule has 1 amide bonds. The molecule has 5 heteroatoms. The molecule has 1 aliphatic carbocycles. The number of hydrogen-bond donors (Lipinski definition) is 3. The minimum atomic E-state index is -0.734. The smallest absolute Gasteiger partial charge is 0.254 e. The van der Waals surface area contributed by atoms with Crippen LogP contribution in [0.25, 0.3) is 0 Å². The summed E-state index contributed by atoms with van der Waals surface area (Å²) in [5.74, 6) is -1.44. The molecule has 0 heterocycles. The number of rotatable bonds is 3. The summed E-state index contributed by atoms with van der Waals surface area (Å²) in [4.78, 5) is 11.7. The number of nitrogens with one attached hydrogen (secondary N) is 1. The zero-order valence-electron chi connectivity index (χ0n) is 9.37. The Bertz CT molecular complexity index is 444. The fourth-order valence-corrected chi connectivity index (χ4v) is 1.85. The van der Waals surface area contributed by atoms with E-state index in [-0.39, 0.29) is 16.9 Å². The van der Waals surface area contributed by atoms with Crippen molar-refractivity contribution >= 4 is 5.91 Å². The van der Waals surface area contributed by atoms with E-state index in [4.69, 9.17) is 10.8 Å². The third-order valence-corrected chi connectivity index (χ3v) is 3.15. The first-order chi connectivity index (χ1) is 8.00. The Morgan fingerprint density at radius 3 is 2.76 bits per heavy atom. The molecule has 0 bridgehead atoms. The van der Waals surface area contributed by atoms with Gasteiger partial charge in [0.2, 0.25) is 0 Å². The van der Waals surface area contributed by atoms with Crippen molar-refractivity contribution in [1.29, 1.82) is 0 Å². The number of aromatic hydroxyl groups is 1. The Labute approximate surface area is 98.6 Å². The van der Waals surface area contributed by atoms with Crippen LogP contribution in [0.15, 0.2) is 18.2 Å². The van der Waals surface area contributed by atoms with Gasteiger partial charge in [0.1, 0.15) is 11.6 Å². The van der Waals surface area contributed by atoms with Crippen LogP contribution in [0, 0.1) is 5.82 Å². The Morgan fingerprint density at radius 1 is 1.53 bits per heavy atom. The summed E-state index contributed by atoms with van der Waals surface area (Å²) in [6, 6.07) is 3.44. The largest absolute Gasteiger partial charge is 0.508 e. The maximum atomic E-state index is 13.4. The molecular weight excluding hydrogens is 223 g/mol. The number of benzene rings is 1. The molecular formula is C12H15FN2O2. The fraction of sp³-hybridized carbons (Fsp3) is 0.417. The van der Waals surface area contributed by atoms with E-state index in [1.807, 2.05) is 0 Å². The average Bonchev–Trinajstić information content (AvgIpc) is 2.23. The predicted octanol–water partition coefficient (Wildman–Crippen LogP) is 1.14. The molecule has 17 heavy (non-hydrogen) atoms. The maximum Gasteiger partial charge on any atom is 0.254 e. The molecule has 0 atom stereocenters. The van der Waals surface area contributed by atoms with Gasteiger partial charge in [-0.15, -0.1) is 0 Å². The summed E-state index contributed by atoms with van der Waals surface area (Å²) < 4.78 is 13.4. The lowest BCUT2D eigenvalue weighted by Crippen LogP contribution is -2.55. The van der Waals surface area contributed by atoms with Crippen LogP contribution in [0.2, 0.25) is 0 Å². The van der Waals surface area contributed by atoms with Gasteiger partial charge in [-0.25, -0.2) is 4.39 Å². The second kappa shape index (κ2) is 4.33. The molecule has 92 valence electrons. The van der Waals surface area contributed by atoms with Crippen molar-refractivity contribution in [2.24, 2.45) is 5.73 Å². The van der Waals surface area contributed by atoms with E-state index in [1.165, 1.54) is 12.1 Å². The molecule has 1 saturated carbocycles. The first kappa shape index (κ1) is 11.9. The molecule has 0 aliphatic heterocycles. The Hall–Kier alpha value is -1.62. The molecule has 0 unspecified atom stereocenters. The summed E-state index contributed by atoms with van der Waals surface area (Å²) >= 11 is 0. The van der Waals surface area contributed by atoms with E-state index in [9.17, 15) is 9.18 Å². The van der Waals surface area contributed by atoms with Gasteiger partial charge in [0.05, 0.1) is 5.56 Å². The zero-order chi connectivity index (χ0) is 12.5. The molecule has 1 aromatic carbocycles. The van der Waals surface area contributed by atoms with Gasteiger partial charge < -0.3 is 16.2 Å². The van der Waals surface area contributed by atoms with Crippen molar-refractivity contribution in [3.05, 3.63) is 29.6 Å². The molecule has 0 radical (unpaired) electrons. The van der Waals surface area contributed by atoms with Crippen LogP contribution in [0.5, 0.6) is 5.75 Å². The van der Waals surface area contributed by atoms with Crippen molar-refractivity contribution < 1.29 is 14.3 Å². The number of phenols is 1. The number of amides is 1. The monoisotopic (exact) mass is 238 g/mol. The average molecular weight is 238 g/mol. The van der Waals surface area contributed by atoms with Crippen molar-refractivity contribution in [3.63, 3.8) is 0 Å². The maximum absolute atomic E-state index is 13.4. The Kier molecular flexibility index (Phi) is 3.02. The first-order valence-electron chi connectivity index (χ1n) is 5.56. The summed E-state index contributed by atoms with van der Waals surface area (Å²) in [5, 5.41) is 11.7. The van der Waals surface area contributed by atoms with Crippen LogP contribution in [0.3, 0.4) is 0 Å². The summed E-state index contributed by atoms with van der Waals surface area (Å²) in [7, 11) is 0. The molecule has 0 spiro atoms. The van der Waals surface area contributed by atoms with Crippen LogP contribution in [-0.4, -0.2) is 23.1 Å². The molecule has 1 aliphatic rings. The second-order valence-electron chi connectivity index (χ2n) is 4.56. The van der Waals surface area contributed by atoms with E-state index in [0.29, 0.717) is 6.54 Å². The zero-order valence-corrected chi connectivity index (χ0v) is 9.37. The standard InChI is InChI=1S/C12H15FN2O2/c13-10-6-8(16)2-3-9(10)11(17)15-7-12(14)4-1-5-12/h2-3,6,16H,1,4-5,7,14H2,(H,15,17). The number of hydrogen-bond acceptors (Lipinski definition) is 3. The van der Waals surface area contributed by atoms with E-state index in [1.54, 1.807) is 0 Å². The van der Waals surface area contributed by atoms with Crippen LogP contribution in [-0.2, 0) is 0 Å². The van der Waals surface area contributed by atoms with Crippen molar-refractivity contribution in [1.82, 2.24) is 5.32 Å². The lowest BCUT2D eigenvalue weighted by molar-refractivity contribution is 0.0925. The van der Waals surface area contributed by atoms with Crippen LogP contribution in [0.4, 0.5) is 4.39 Å². The van der Waals surface area contributed by atoms with Crippen molar-refractivity contribution in [3.8, 4) is 5.75 Å². The van der Waals surface area contributed by atoms with Crippen LogP contribution in [0.1, 0.15) is 29.6 Å². The molecule has 1 fully saturated rings. The fourth-order valence-electron chi connectivity index (χ4n) is 1.85. The number of halogens is 1. The third kappa shape index (κ3) is 2.55. The normalized spacial score (nSPS) is 17.3. The summed E-state index contributed by atoms with van der Waals surface area (Å²) in [5.41, 5.74) is 5.53. The van der Waals surface area contributed by atoms with Crippen LogP contribution < -0.4 is 11.1 Å². The SMILES string of the molecule is NC1(CNC(=O)c2ccc(O)cc2F)CCC1. The Balaban J connectivity index is 1.99. The van der Waals surface area contributed by atoms with Gasteiger partial charge in [-0.05, 0) is 31.4 Å². The first-order valence-corrected chi connectivity index (χ1v) is 5.56. The topological polar surface area (TPSA) is 75.3 Å². The minimum Gasteiger partial charge on any atom is -0.508 e. The molecule has 0 saturated heterocycles. The minimum absolute atomic E-state index is 0.0780. The third-order valence-electron chi connectivity index (χ3n) is 3.15. The molecule has 0 aromatic heterocycles. The second-order valence-corrected chi connectivity index (χ2v) is 4.56. The van der Waals surface area contributed by atoms with Crippen molar-refractivity contribution in [2.75, 3.05) is 6.54 Å². The number of carbonyl (C=O) groups excluding carboxylic acids is 1. The molecule has 4 N–H and O–H groups in total. The highest BCUT2D eigenvalue weighted by Crippen LogP contribution is 2.28. The molecule has 2 rings (SSSR count). The van der Waals surface area contributed by atoms with E-state index in [0.717, 1.165) is 25.3 Å². The van der Waals surface area contributed by atoms with Crippen LogP contribution >= 0.6 is 0 Å². The van der Waals surface area contributed by atoms with Crippen molar-refractivity contribution in [2.45, 2.75) is 24.8 Å². The van der Waals surface area contributed by atoms with E-state index >= 15 is 0 Å². The highest BCUT2D eigenvalue weighted by molar-refractivity contribution is 5.94.